The standard InChI is InChI=1S/C44H79NO7/c1-6-8-10-12-14-16-17-18-19-20-21-22-23-24-25-26-27-29-31-33-35-43(47)52-40(38-50-37-36-41(44(48)49)45(3,4)5)39-51-42(46)34-32-30-28-15-13-11-9-7-2/h16-19,28,30,40-41H,6-15,20-27,29,31-39H2,1-5H3/b17-16+,19-18+,30-28+. The molecule has 0 N–H and O–H groups in total. The summed E-state index contributed by atoms with van der Waals surface area (Å²) >= 11 is 0. The first-order valence-electron chi connectivity index (χ1n) is 21.0. The van der Waals surface area contributed by atoms with Crippen molar-refractivity contribution in [3.05, 3.63) is 36.5 Å². The Morgan fingerprint density at radius 1 is 0.577 bits per heavy atom. The van der Waals surface area contributed by atoms with Gasteiger partial charge in [-0.3, -0.25) is 9.59 Å². The van der Waals surface area contributed by atoms with Gasteiger partial charge in [0.2, 0.25) is 0 Å². The van der Waals surface area contributed by atoms with E-state index in [2.05, 4.69) is 44.2 Å². The number of hydrogen-bond donors (Lipinski definition) is 0. The highest BCUT2D eigenvalue weighted by atomic mass is 16.6. The minimum Gasteiger partial charge on any atom is -0.544 e. The zero-order valence-electron chi connectivity index (χ0n) is 34.2. The number of nitrogens with zero attached hydrogens (tertiary/aromatic N) is 1. The van der Waals surface area contributed by atoms with Crippen molar-refractivity contribution in [1.82, 2.24) is 0 Å². The first kappa shape index (κ1) is 49.6. The number of esters is 2. The number of carbonyl (C=O) groups is 3. The first-order chi connectivity index (χ1) is 25.1. The fraction of sp³-hybridized carbons (Fsp3) is 0.795. The Balaban J connectivity index is 4.28. The minimum absolute atomic E-state index is 0.0287. The van der Waals surface area contributed by atoms with Crippen molar-refractivity contribution in [2.45, 2.75) is 187 Å². The SMILES string of the molecule is CCCCCC/C=C/C=C/CCCCCCCCCCCCC(=O)OC(COCCC(C(=O)[O-])[N+](C)(C)C)COC(=O)CC/C=C/CCCCCC. The molecule has 2 atom stereocenters. The maximum absolute atomic E-state index is 12.7. The average Bonchev–Trinajstić information content (AvgIpc) is 3.09. The summed E-state index contributed by atoms with van der Waals surface area (Å²) in [5.41, 5.74) is 0. The Bertz CT molecular complexity index is 953. The number of quaternary nitrogens is 1. The van der Waals surface area contributed by atoms with E-state index in [1.165, 1.54) is 103 Å². The van der Waals surface area contributed by atoms with E-state index in [1.54, 1.807) is 21.1 Å². The summed E-state index contributed by atoms with van der Waals surface area (Å²) in [4.78, 5) is 36.6. The Kier molecular flexibility index (Phi) is 33.9. The zero-order valence-corrected chi connectivity index (χ0v) is 34.2. The molecular formula is C44H79NO7. The predicted molar refractivity (Wildman–Crippen MR) is 213 cm³/mol. The quantitative estimate of drug-likeness (QED) is 0.0206. The first-order valence-corrected chi connectivity index (χ1v) is 21.0. The molecule has 0 bridgehead atoms. The summed E-state index contributed by atoms with van der Waals surface area (Å²) in [6.07, 6.45) is 39.0. The van der Waals surface area contributed by atoms with Crippen molar-refractivity contribution in [3.63, 3.8) is 0 Å². The minimum atomic E-state index is -1.13. The number of ether oxygens (including phenoxy) is 3. The molecule has 0 saturated carbocycles. The number of allylic oxidation sites excluding steroid dienone is 6. The molecule has 0 aromatic heterocycles. The molecule has 0 aromatic carbocycles. The number of unbranched alkanes of at least 4 members (excludes halogenated alkanes) is 18. The Hall–Kier alpha value is -2.45. The van der Waals surface area contributed by atoms with Crippen molar-refractivity contribution in [2.75, 3.05) is 41.0 Å². The van der Waals surface area contributed by atoms with E-state index in [4.69, 9.17) is 14.2 Å². The van der Waals surface area contributed by atoms with Crippen molar-refractivity contribution >= 4 is 17.9 Å². The van der Waals surface area contributed by atoms with E-state index in [0.29, 0.717) is 12.8 Å². The number of carboxylic acid groups (broad SMARTS) is 1. The van der Waals surface area contributed by atoms with Crippen LogP contribution in [0.3, 0.4) is 0 Å². The normalized spacial score (nSPS) is 13.3. The maximum Gasteiger partial charge on any atom is 0.306 e. The predicted octanol–water partition coefficient (Wildman–Crippen LogP) is 9.74. The van der Waals surface area contributed by atoms with Crippen LogP contribution in [0, 0.1) is 0 Å². The lowest BCUT2D eigenvalue weighted by molar-refractivity contribution is -0.889. The van der Waals surface area contributed by atoms with Crippen LogP contribution in [0.5, 0.6) is 0 Å². The van der Waals surface area contributed by atoms with Crippen LogP contribution in [0.1, 0.15) is 174 Å². The lowest BCUT2D eigenvalue weighted by Gasteiger charge is -2.34. The largest absolute Gasteiger partial charge is 0.544 e. The summed E-state index contributed by atoms with van der Waals surface area (Å²) in [5, 5.41) is 11.6. The van der Waals surface area contributed by atoms with Crippen molar-refractivity contribution in [3.8, 4) is 0 Å². The van der Waals surface area contributed by atoms with Gasteiger partial charge in [0.15, 0.2) is 6.10 Å². The average molecular weight is 734 g/mol. The molecule has 52 heavy (non-hydrogen) atoms. The van der Waals surface area contributed by atoms with Crippen LogP contribution in [-0.4, -0.2) is 75.5 Å². The second-order valence-corrected chi connectivity index (χ2v) is 15.2. The number of carboxylic acids is 1. The molecule has 8 heteroatoms. The molecule has 0 amide bonds. The molecule has 0 aliphatic carbocycles. The Morgan fingerprint density at radius 3 is 1.58 bits per heavy atom. The van der Waals surface area contributed by atoms with Crippen molar-refractivity contribution in [1.29, 1.82) is 0 Å². The van der Waals surface area contributed by atoms with Gasteiger partial charge in [0, 0.05) is 19.3 Å². The molecule has 2 unspecified atom stereocenters. The molecule has 0 aromatic rings. The van der Waals surface area contributed by atoms with Crippen LogP contribution in [0.15, 0.2) is 36.5 Å². The molecule has 0 radical (unpaired) electrons. The molecule has 0 aliphatic heterocycles. The molecule has 8 nitrogen and oxygen atoms in total. The molecule has 0 heterocycles. The van der Waals surface area contributed by atoms with Gasteiger partial charge in [-0.1, -0.05) is 140 Å². The summed E-state index contributed by atoms with van der Waals surface area (Å²) < 4.78 is 17.0. The van der Waals surface area contributed by atoms with Gasteiger partial charge in [-0.2, -0.15) is 0 Å². The van der Waals surface area contributed by atoms with Crippen molar-refractivity contribution in [2.24, 2.45) is 0 Å². The molecule has 302 valence electrons. The van der Waals surface area contributed by atoms with Crippen molar-refractivity contribution < 1.29 is 38.2 Å². The maximum atomic E-state index is 12.7. The third-order valence-electron chi connectivity index (χ3n) is 9.29. The highest BCUT2D eigenvalue weighted by molar-refractivity contribution is 5.70. The number of likely N-dealkylation sites (N-methyl/N-ethyl adjacent to an activating group) is 1. The third-order valence-corrected chi connectivity index (χ3v) is 9.29. The Morgan fingerprint density at radius 2 is 1.06 bits per heavy atom. The highest BCUT2D eigenvalue weighted by Gasteiger charge is 2.25. The van der Waals surface area contributed by atoms with E-state index in [-0.39, 0.29) is 49.1 Å². The van der Waals surface area contributed by atoms with Crippen LogP contribution in [-0.2, 0) is 28.6 Å². The van der Waals surface area contributed by atoms with Gasteiger partial charge < -0.3 is 28.6 Å². The van der Waals surface area contributed by atoms with E-state index >= 15 is 0 Å². The molecular weight excluding hydrogens is 654 g/mol. The number of rotatable bonds is 37. The van der Waals surface area contributed by atoms with E-state index < -0.39 is 18.1 Å². The molecule has 0 spiro atoms. The summed E-state index contributed by atoms with van der Waals surface area (Å²) in [7, 11) is 5.39. The fourth-order valence-electron chi connectivity index (χ4n) is 5.96. The van der Waals surface area contributed by atoms with Gasteiger partial charge >= 0.3 is 11.9 Å². The number of hydrogen-bond acceptors (Lipinski definition) is 7. The topological polar surface area (TPSA) is 102 Å². The lowest BCUT2D eigenvalue weighted by Crippen LogP contribution is -2.55. The van der Waals surface area contributed by atoms with E-state index in [1.807, 2.05) is 6.08 Å². The van der Waals surface area contributed by atoms with Gasteiger partial charge in [0.1, 0.15) is 12.6 Å². The lowest BCUT2D eigenvalue weighted by atomic mass is 10.1. The summed E-state index contributed by atoms with van der Waals surface area (Å²) in [5.74, 6) is -1.81. The van der Waals surface area contributed by atoms with Gasteiger partial charge in [0.25, 0.3) is 0 Å². The fourth-order valence-corrected chi connectivity index (χ4v) is 5.96. The monoisotopic (exact) mass is 734 g/mol. The number of aliphatic carboxylic acids is 1. The van der Waals surface area contributed by atoms with E-state index in [0.717, 1.165) is 32.1 Å². The number of carbonyl (C=O) groups excluding carboxylic acids is 3. The third kappa shape index (κ3) is 33.4. The van der Waals surface area contributed by atoms with Gasteiger partial charge in [-0.25, -0.2) is 0 Å². The van der Waals surface area contributed by atoms with E-state index in [9.17, 15) is 19.5 Å². The smallest absolute Gasteiger partial charge is 0.306 e. The second-order valence-electron chi connectivity index (χ2n) is 15.2. The summed E-state index contributed by atoms with van der Waals surface area (Å²) in [6, 6.07) is -0.728. The van der Waals surface area contributed by atoms with Crippen LogP contribution >= 0.6 is 0 Å². The molecule has 0 rings (SSSR count). The van der Waals surface area contributed by atoms with Crippen LogP contribution < -0.4 is 5.11 Å². The van der Waals surface area contributed by atoms with Crippen LogP contribution in [0.4, 0.5) is 0 Å². The molecule has 0 aliphatic rings. The highest BCUT2D eigenvalue weighted by Crippen LogP contribution is 2.14. The Labute approximate surface area is 319 Å². The molecule has 0 fully saturated rings. The van der Waals surface area contributed by atoms with Gasteiger partial charge in [-0.15, -0.1) is 0 Å². The second kappa shape index (κ2) is 35.6. The zero-order chi connectivity index (χ0) is 38.5. The van der Waals surface area contributed by atoms with Crippen LogP contribution in [0.25, 0.3) is 0 Å². The summed E-state index contributed by atoms with van der Waals surface area (Å²) in [6.45, 7) is 4.55. The molecule has 0 saturated heterocycles. The van der Waals surface area contributed by atoms with Gasteiger partial charge in [0.05, 0.1) is 40.3 Å². The van der Waals surface area contributed by atoms with Gasteiger partial charge in [-0.05, 0) is 51.4 Å². The van der Waals surface area contributed by atoms with Crippen LogP contribution in [0.2, 0.25) is 0 Å².